The van der Waals surface area contributed by atoms with Crippen LogP contribution in [0.3, 0.4) is 0 Å². The molecule has 0 saturated heterocycles. The van der Waals surface area contributed by atoms with Crippen molar-refractivity contribution in [3.8, 4) is 0 Å². The number of aromatic nitrogens is 2. The number of fused-ring (bicyclic) bond motifs is 1. The summed E-state index contributed by atoms with van der Waals surface area (Å²) < 4.78 is 5.40. The second-order valence-electron chi connectivity index (χ2n) is 6.17. The Kier molecular flexibility index (Phi) is 4.33. The minimum absolute atomic E-state index is 0.0641. The van der Waals surface area contributed by atoms with Gasteiger partial charge >= 0.3 is 0 Å². The van der Waals surface area contributed by atoms with Crippen molar-refractivity contribution in [2.45, 2.75) is 39.2 Å². The standard InChI is InChI=1S/C17H20N4O3/c1-10(2)16-19-17(24-20-16)14-8-12-6-4-5-7-13(12)21(14)15(23)9-18-11(3)22/h4-7,10,14H,8-9H2,1-3H3,(H,18,22). The van der Waals surface area contributed by atoms with E-state index in [0.717, 1.165) is 11.3 Å². The predicted molar refractivity (Wildman–Crippen MR) is 87.4 cm³/mol. The van der Waals surface area contributed by atoms with Gasteiger partial charge in [0, 0.05) is 24.9 Å². The number of carbonyl (C=O) groups excluding carboxylic acids is 2. The summed E-state index contributed by atoms with van der Waals surface area (Å²) in [7, 11) is 0. The number of anilines is 1. The lowest BCUT2D eigenvalue weighted by atomic mass is 10.1. The van der Waals surface area contributed by atoms with Gasteiger partial charge < -0.3 is 9.84 Å². The van der Waals surface area contributed by atoms with Gasteiger partial charge in [-0.25, -0.2) is 0 Å². The second kappa shape index (κ2) is 6.43. The number of nitrogens with one attached hydrogen (secondary N) is 1. The smallest absolute Gasteiger partial charge is 0.250 e. The second-order valence-corrected chi connectivity index (χ2v) is 6.17. The molecule has 126 valence electrons. The van der Waals surface area contributed by atoms with Crippen molar-refractivity contribution in [3.05, 3.63) is 41.5 Å². The van der Waals surface area contributed by atoms with Crippen molar-refractivity contribution < 1.29 is 14.1 Å². The van der Waals surface area contributed by atoms with Gasteiger partial charge in [-0.15, -0.1) is 0 Å². The van der Waals surface area contributed by atoms with E-state index in [0.29, 0.717) is 18.1 Å². The van der Waals surface area contributed by atoms with Crippen LogP contribution in [0.4, 0.5) is 5.69 Å². The van der Waals surface area contributed by atoms with Crippen LogP contribution in [-0.2, 0) is 16.0 Å². The van der Waals surface area contributed by atoms with Crippen molar-refractivity contribution in [2.24, 2.45) is 0 Å². The molecule has 24 heavy (non-hydrogen) atoms. The van der Waals surface area contributed by atoms with Crippen LogP contribution in [0.1, 0.15) is 50.0 Å². The molecule has 2 heterocycles. The quantitative estimate of drug-likeness (QED) is 0.927. The van der Waals surface area contributed by atoms with Crippen LogP contribution in [0.15, 0.2) is 28.8 Å². The first kappa shape index (κ1) is 16.2. The van der Waals surface area contributed by atoms with Gasteiger partial charge in [-0.05, 0) is 11.6 Å². The van der Waals surface area contributed by atoms with Crippen molar-refractivity contribution in [1.29, 1.82) is 0 Å². The van der Waals surface area contributed by atoms with Gasteiger partial charge in [0.15, 0.2) is 5.82 Å². The number of hydrogen-bond acceptors (Lipinski definition) is 5. The molecule has 0 fully saturated rings. The third-order valence-corrected chi connectivity index (χ3v) is 3.99. The molecular formula is C17H20N4O3. The lowest BCUT2D eigenvalue weighted by Gasteiger charge is -2.23. The fourth-order valence-corrected chi connectivity index (χ4v) is 2.79. The molecule has 1 aromatic carbocycles. The van der Waals surface area contributed by atoms with E-state index in [1.807, 2.05) is 38.1 Å². The van der Waals surface area contributed by atoms with Crippen LogP contribution >= 0.6 is 0 Å². The summed E-state index contributed by atoms with van der Waals surface area (Å²) >= 11 is 0. The highest BCUT2D eigenvalue weighted by molar-refractivity contribution is 5.98. The average Bonchev–Trinajstić information content (AvgIpc) is 3.16. The Bertz CT molecular complexity index is 769. The zero-order chi connectivity index (χ0) is 17.3. The minimum Gasteiger partial charge on any atom is -0.347 e. The summed E-state index contributed by atoms with van der Waals surface area (Å²) in [4.78, 5) is 29.9. The molecule has 2 aromatic rings. The lowest BCUT2D eigenvalue weighted by Crippen LogP contribution is -2.40. The number of rotatable bonds is 4. The van der Waals surface area contributed by atoms with Crippen molar-refractivity contribution in [2.75, 3.05) is 11.4 Å². The van der Waals surface area contributed by atoms with E-state index in [1.165, 1.54) is 6.92 Å². The van der Waals surface area contributed by atoms with Crippen molar-refractivity contribution >= 4 is 17.5 Å². The van der Waals surface area contributed by atoms with Gasteiger partial charge in [-0.3, -0.25) is 14.5 Å². The SMILES string of the molecule is CC(=O)NCC(=O)N1c2ccccc2CC1c1nc(C(C)C)no1. The Morgan fingerprint density at radius 3 is 2.79 bits per heavy atom. The maximum Gasteiger partial charge on any atom is 0.250 e. The molecule has 0 radical (unpaired) electrons. The van der Waals surface area contributed by atoms with Gasteiger partial charge in [-0.1, -0.05) is 37.2 Å². The number of nitrogens with zero attached hydrogens (tertiary/aromatic N) is 3. The molecule has 1 aliphatic heterocycles. The van der Waals surface area contributed by atoms with E-state index in [1.54, 1.807) is 4.90 Å². The zero-order valence-electron chi connectivity index (χ0n) is 13.9. The zero-order valence-corrected chi connectivity index (χ0v) is 13.9. The van der Waals surface area contributed by atoms with E-state index in [-0.39, 0.29) is 30.3 Å². The molecule has 1 atom stereocenters. The number of hydrogen-bond donors (Lipinski definition) is 1. The van der Waals surface area contributed by atoms with Crippen LogP contribution in [0, 0.1) is 0 Å². The molecule has 3 rings (SSSR count). The minimum atomic E-state index is -0.344. The largest absolute Gasteiger partial charge is 0.347 e. The molecule has 0 aliphatic carbocycles. The van der Waals surface area contributed by atoms with E-state index in [2.05, 4.69) is 15.5 Å². The highest BCUT2D eigenvalue weighted by Crippen LogP contribution is 2.39. The maximum absolute atomic E-state index is 12.7. The fraction of sp³-hybridized carbons (Fsp3) is 0.412. The van der Waals surface area contributed by atoms with Crippen LogP contribution in [0.5, 0.6) is 0 Å². The molecule has 0 bridgehead atoms. The molecule has 2 amide bonds. The van der Waals surface area contributed by atoms with Gasteiger partial charge in [-0.2, -0.15) is 4.98 Å². The topological polar surface area (TPSA) is 88.3 Å². The average molecular weight is 328 g/mol. The molecule has 1 aliphatic rings. The monoisotopic (exact) mass is 328 g/mol. The van der Waals surface area contributed by atoms with Crippen molar-refractivity contribution in [3.63, 3.8) is 0 Å². The molecule has 1 N–H and O–H groups in total. The first-order valence-corrected chi connectivity index (χ1v) is 7.95. The Labute approximate surface area is 140 Å². The molecule has 0 spiro atoms. The number of amides is 2. The highest BCUT2D eigenvalue weighted by Gasteiger charge is 2.38. The molecule has 1 aromatic heterocycles. The van der Waals surface area contributed by atoms with Crippen molar-refractivity contribution in [1.82, 2.24) is 15.5 Å². The van der Waals surface area contributed by atoms with E-state index < -0.39 is 0 Å². The van der Waals surface area contributed by atoms with E-state index in [9.17, 15) is 9.59 Å². The summed E-state index contributed by atoms with van der Waals surface area (Å²) in [5.41, 5.74) is 1.87. The van der Waals surface area contributed by atoms with E-state index in [4.69, 9.17) is 4.52 Å². The first-order valence-electron chi connectivity index (χ1n) is 7.95. The number of para-hydroxylation sites is 1. The number of benzene rings is 1. The third-order valence-electron chi connectivity index (χ3n) is 3.99. The Morgan fingerprint density at radius 1 is 1.38 bits per heavy atom. The van der Waals surface area contributed by atoms with Crippen LogP contribution in [0.25, 0.3) is 0 Å². The van der Waals surface area contributed by atoms with E-state index >= 15 is 0 Å². The van der Waals surface area contributed by atoms with Gasteiger partial charge in [0.25, 0.3) is 0 Å². The Balaban J connectivity index is 1.92. The molecular weight excluding hydrogens is 308 g/mol. The molecule has 1 unspecified atom stereocenters. The van der Waals surface area contributed by atoms with Gasteiger partial charge in [0.1, 0.15) is 6.04 Å². The third kappa shape index (κ3) is 3.02. The van der Waals surface area contributed by atoms with Crippen LogP contribution in [0.2, 0.25) is 0 Å². The van der Waals surface area contributed by atoms with Crippen LogP contribution < -0.4 is 10.2 Å². The number of carbonyl (C=O) groups is 2. The first-order chi connectivity index (χ1) is 11.5. The van der Waals surface area contributed by atoms with Gasteiger partial charge in [0.05, 0.1) is 6.54 Å². The summed E-state index contributed by atoms with van der Waals surface area (Å²) in [5, 5.41) is 6.55. The Morgan fingerprint density at radius 2 is 2.12 bits per heavy atom. The molecule has 7 heteroatoms. The normalized spacial score (nSPS) is 16.3. The van der Waals surface area contributed by atoms with Gasteiger partial charge in [0.2, 0.25) is 17.7 Å². The lowest BCUT2D eigenvalue weighted by molar-refractivity contribution is -0.123. The summed E-state index contributed by atoms with van der Waals surface area (Å²) in [5.74, 6) is 0.743. The summed E-state index contributed by atoms with van der Waals surface area (Å²) in [6.45, 7) is 5.29. The molecule has 0 saturated carbocycles. The maximum atomic E-state index is 12.7. The Hall–Kier alpha value is -2.70. The predicted octanol–water partition coefficient (Wildman–Crippen LogP) is 1.96. The fourth-order valence-electron chi connectivity index (χ4n) is 2.79. The van der Waals surface area contributed by atoms with Crippen LogP contribution in [-0.4, -0.2) is 28.5 Å². The summed E-state index contributed by atoms with van der Waals surface area (Å²) in [6.07, 6.45) is 0.613. The summed E-state index contributed by atoms with van der Waals surface area (Å²) in [6, 6.07) is 7.34. The molecule has 7 nitrogen and oxygen atoms in total. The highest BCUT2D eigenvalue weighted by atomic mass is 16.5.